The van der Waals surface area contributed by atoms with Gasteiger partial charge in [-0.15, -0.1) is 0 Å². The average Bonchev–Trinajstić information content (AvgIpc) is 4.01. The number of rotatable bonds is 0. The minimum absolute atomic E-state index is 0. The van der Waals surface area contributed by atoms with Crippen LogP contribution >= 0.6 is 30.4 Å². The number of H-pyrrole nitrogens is 4. The summed E-state index contributed by atoms with van der Waals surface area (Å²) >= 11 is 0. The van der Waals surface area contributed by atoms with Crippen LogP contribution in [0, 0.1) is 0 Å². The quantitative estimate of drug-likeness (QED) is 0.0938. The Bertz CT molecular complexity index is 2270. The number of nitrogens with zero attached hydrogens (tertiary/aromatic N) is 4. The van der Waals surface area contributed by atoms with Crippen LogP contribution in [0.2, 0.25) is 0 Å². The molecule has 4 aromatic rings. The molecule has 0 bridgehead atoms. The molecule has 0 aromatic carbocycles. The van der Waals surface area contributed by atoms with Crippen LogP contribution in [-0.4, -0.2) is 61.4 Å². The van der Waals surface area contributed by atoms with Gasteiger partial charge in [-0.25, -0.2) is 0 Å². The Labute approximate surface area is 575 Å². The van der Waals surface area contributed by atoms with Crippen LogP contribution in [-0.2, 0) is 130 Å². The second-order valence-corrected chi connectivity index (χ2v) is 42.7. The van der Waals surface area contributed by atoms with Crippen molar-refractivity contribution in [2.24, 2.45) is 0 Å². The Balaban J connectivity index is -0.000000139. The van der Waals surface area contributed by atoms with Crippen molar-refractivity contribution < 1.29 is 126 Å². The minimum Gasteiger partial charge on any atom is -0.810 e. The smallest absolute Gasteiger partial charge is 0.810 e. The van der Waals surface area contributed by atoms with Crippen LogP contribution in [0.4, 0.5) is 0 Å². The van der Waals surface area contributed by atoms with Gasteiger partial charge in [0.1, 0.15) is 0 Å². The molecule has 4 aromatic heterocycles. The van der Waals surface area contributed by atoms with E-state index in [9.17, 15) is 57.4 Å². The summed E-state index contributed by atoms with van der Waals surface area (Å²) in [6.45, 7) is 69.0. The zero-order chi connectivity index (χ0) is 69.1. The summed E-state index contributed by atoms with van der Waals surface area (Å²) < 4.78 is 40.5. The summed E-state index contributed by atoms with van der Waals surface area (Å²) in [6, 6.07) is 8.67. The summed E-state index contributed by atoms with van der Waals surface area (Å²) in [6.07, 6.45) is 0. The maximum absolute atomic E-state index is 10.1. The Morgan fingerprint density at radius 3 is 0.364 bits per heavy atom. The van der Waals surface area contributed by atoms with Gasteiger partial charge in [-0.2, -0.15) is 20.4 Å². The first kappa shape index (κ1) is 104. The number of nitrogens with one attached hydrogen (secondary N) is 4. The van der Waals surface area contributed by atoms with E-state index in [0.717, 1.165) is 22.8 Å². The first-order valence-electron chi connectivity index (χ1n) is 28.2. The van der Waals surface area contributed by atoms with E-state index in [1.807, 2.05) is 0 Å². The summed E-state index contributed by atoms with van der Waals surface area (Å²) in [5.41, 5.74) is 10.6. The second kappa shape index (κ2) is 36.6. The molecule has 20 nitrogen and oxygen atoms in total. The molecule has 0 unspecified atom stereocenters. The molecule has 0 saturated heterocycles. The standard InChI is InChI=1S/4C11H20N2.4C4H11O3P.4Cu/c4*1-10(2,3)8-7-9(13-12-8)11(4,5)6;4*1-4(2,3)8(5,6)7;;;;/h4*7H,1-6H3,(H,12,13);4*1-3H3,(H2,5,6,7);;;;/q;;;;;;;;4*+2/p-8. The van der Waals surface area contributed by atoms with Crippen molar-refractivity contribution in [1.29, 1.82) is 0 Å². The topological polar surface area (TPSA) is 367 Å². The molecule has 4 rings (SSSR count). The fraction of sp³-hybridized carbons (Fsp3) is 0.800. The molecule has 0 saturated carbocycles. The molecule has 0 atom stereocenters. The predicted octanol–water partition coefficient (Wildman–Crippen LogP) is 10.8. The molecule has 532 valence electrons. The fourth-order valence-corrected chi connectivity index (χ4v) is 4.36. The summed E-state index contributed by atoms with van der Waals surface area (Å²) in [5, 5.41) is 25.3. The van der Waals surface area contributed by atoms with Crippen LogP contribution in [0.25, 0.3) is 0 Å². The van der Waals surface area contributed by atoms with Crippen LogP contribution in [0.15, 0.2) is 24.3 Å². The van der Waals surface area contributed by atoms with Crippen molar-refractivity contribution in [3.63, 3.8) is 0 Å². The molecule has 0 spiro atoms. The molecule has 28 heteroatoms. The van der Waals surface area contributed by atoms with Gasteiger partial charge in [-0.1, -0.05) is 280 Å². The number of aromatic amines is 4. The molecule has 4 radical (unpaired) electrons. The maximum Gasteiger partial charge on any atom is 2.00 e. The first-order valence-corrected chi connectivity index (χ1v) is 34.4. The van der Waals surface area contributed by atoms with Crippen LogP contribution in [0.5, 0.6) is 0 Å². The zero-order valence-electron chi connectivity index (χ0n) is 60.0. The zero-order valence-corrected chi connectivity index (χ0v) is 67.3. The predicted molar refractivity (Wildman–Crippen MR) is 333 cm³/mol. The van der Waals surface area contributed by atoms with Crippen molar-refractivity contribution in [1.82, 2.24) is 40.8 Å². The summed E-state index contributed by atoms with van der Waals surface area (Å²) in [7, 11) is -17.4. The molecule has 0 aliphatic carbocycles. The average molecular weight is 1520 g/mol. The molecule has 4 heterocycles. The summed E-state index contributed by atoms with van der Waals surface area (Å²) in [5.74, 6) is 0. The van der Waals surface area contributed by atoms with E-state index in [1.165, 1.54) is 106 Å². The van der Waals surface area contributed by atoms with Gasteiger partial charge in [0.15, 0.2) is 0 Å². The summed E-state index contributed by atoms with van der Waals surface area (Å²) in [4.78, 5) is 81.0. The second-order valence-electron chi connectivity index (χ2n) is 33.3. The van der Waals surface area contributed by atoms with Crippen LogP contribution in [0.3, 0.4) is 0 Å². The van der Waals surface area contributed by atoms with Crippen LogP contribution in [0.1, 0.15) is 295 Å². The fourth-order valence-electron chi connectivity index (χ4n) is 4.36. The van der Waals surface area contributed by atoms with Gasteiger partial charge in [-0.05, 0) is 44.9 Å². The van der Waals surface area contributed by atoms with Crippen LogP contribution < -0.4 is 39.1 Å². The van der Waals surface area contributed by atoms with E-state index < -0.39 is 51.0 Å². The van der Waals surface area contributed by atoms with Crippen molar-refractivity contribution in [2.45, 2.75) is 313 Å². The SMILES string of the molecule is CC(C)(C)P(=O)([O-])[O-].CC(C)(C)P(=O)([O-])[O-].CC(C)(C)P(=O)([O-])[O-].CC(C)(C)P(=O)([O-])[O-].CC(C)(C)c1cc(C(C)(C)C)[nH]n1.CC(C)(C)c1cc(C(C)(C)C)[nH]n1.CC(C)(C)c1cc(C(C)(C)C)[nH]n1.CC(C)(C)c1cc(C(C)(C)C)[nH]n1.[Cu+2].[Cu+2].[Cu+2].[Cu+2]. The largest absolute Gasteiger partial charge is 2.00 e. The number of aromatic nitrogens is 8. The third-order valence-corrected chi connectivity index (χ3v) is 18.5. The Morgan fingerprint density at radius 1 is 0.239 bits per heavy atom. The number of hydrogen-bond donors (Lipinski definition) is 4. The van der Waals surface area contributed by atoms with Crippen molar-refractivity contribution in [2.75, 3.05) is 0 Å². The minimum atomic E-state index is -4.35. The van der Waals surface area contributed by atoms with Crippen molar-refractivity contribution in [3.05, 3.63) is 69.8 Å². The Morgan fingerprint density at radius 2 is 0.330 bits per heavy atom. The van der Waals surface area contributed by atoms with Gasteiger partial charge in [0.25, 0.3) is 0 Å². The molecule has 0 aliphatic rings. The Kier molecular flexibility index (Phi) is 43.1. The number of hydrogen-bond acceptors (Lipinski definition) is 16. The molecule has 0 amide bonds. The molecule has 0 fully saturated rings. The normalized spacial score (nSPS) is 13.0. The molecular weight excluding hydrogens is 1400 g/mol. The maximum atomic E-state index is 10.1. The van der Waals surface area contributed by atoms with Gasteiger partial charge < -0.3 is 57.4 Å². The van der Waals surface area contributed by atoms with Gasteiger partial charge >= 0.3 is 68.3 Å². The van der Waals surface area contributed by atoms with E-state index >= 15 is 0 Å². The van der Waals surface area contributed by atoms with Gasteiger partial charge in [-0.3, -0.25) is 20.4 Å². The molecule has 4 N–H and O–H groups in total. The Hall–Kier alpha value is -0.482. The van der Waals surface area contributed by atoms with Gasteiger partial charge in [0.2, 0.25) is 0 Å². The van der Waals surface area contributed by atoms with E-state index in [4.69, 9.17) is 0 Å². The van der Waals surface area contributed by atoms with Crippen molar-refractivity contribution >= 4 is 30.4 Å². The molecular formula is C60H116Cu4N8O12P4. The van der Waals surface area contributed by atoms with Crippen molar-refractivity contribution in [3.8, 4) is 0 Å². The van der Waals surface area contributed by atoms with Gasteiger partial charge in [0.05, 0.1) is 22.8 Å². The molecule has 0 aliphatic heterocycles. The van der Waals surface area contributed by atoms with E-state index in [1.54, 1.807) is 0 Å². The van der Waals surface area contributed by atoms with E-state index in [0.29, 0.717) is 0 Å². The third kappa shape index (κ3) is 42.8. The molecule has 88 heavy (non-hydrogen) atoms. The van der Waals surface area contributed by atoms with E-state index in [2.05, 4.69) is 231 Å². The van der Waals surface area contributed by atoms with E-state index in [-0.39, 0.29) is 112 Å². The first-order chi connectivity index (χ1) is 35.8. The third-order valence-electron chi connectivity index (χ3n) is 11.9. The van der Waals surface area contributed by atoms with Gasteiger partial charge in [0, 0.05) is 66.1 Å². The monoisotopic (exact) mass is 1520 g/mol.